The molecule has 1 saturated heterocycles. The van der Waals surface area contributed by atoms with Crippen molar-refractivity contribution in [1.82, 2.24) is 5.32 Å². The molecule has 0 bridgehead atoms. The maximum Gasteiger partial charge on any atom is 0.316 e. The van der Waals surface area contributed by atoms with Crippen molar-refractivity contribution in [2.45, 2.75) is 6.92 Å². The molecule has 5 heteroatoms. The third-order valence-electron chi connectivity index (χ3n) is 2.52. The summed E-state index contributed by atoms with van der Waals surface area (Å²) in [7, 11) is 0. The first kappa shape index (κ1) is 11.0. The Morgan fingerprint density at radius 2 is 2.12 bits per heavy atom. The smallest absolute Gasteiger partial charge is 0.316 e. The number of halogens is 1. The zero-order chi connectivity index (χ0) is 11.7. The highest BCUT2D eigenvalue weighted by molar-refractivity contribution is 6.41. The molecule has 1 aliphatic rings. The van der Waals surface area contributed by atoms with Crippen LogP contribution in [0.25, 0.3) is 0 Å². The zero-order valence-electron chi connectivity index (χ0n) is 8.79. The molecule has 0 aromatic heterocycles. The normalized spacial score (nSPS) is 16.2. The number of carbonyl (C=O) groups excluding carboxylic acids is 2. The molecule has 2 amide bonds. The van der Waals surface area contributed by atoms with E-state index in [1.54, 1.807) is 12.1 Å². The van der Waals surface area contributed by atoms with Gasteiger partial charge in [-0.05, 0) is 24.6 Å². The molecule has 1 aromatic carbocycles. The van der Waals surface area contributed by atoms with Crippen LogP contribution in [-0.2, 0) is 9.59 Å². The minimum absolute atomic E-state index is 0.469. The monoisotopic (exact) mass is 238 g/mol. The first-order chi connectivity index (χ1) is 7.59. The Morgan fingerprint density at radius 1 is 1.38 bits per heavy atom. The summed E-state index contributed by atoms with van der Waals surface area (Å²) in [5.74, 6) is -1.10. The fraction of sp³-hybridized carbons (Fsp3) is 0.273. The first-order valence-corrected chi connectivity index (χ1v) is 5.33. The van der Waals surface area contributed by atoms with E-state index >= 15 is 0 Å². The molecule has 0 spiro atoms. The lowest BCUT2D eigenvalue weighted by Gasteiger charge is -2.27. The molecule has 1 heterocycles. The van der Waals surface area contributed by atoms with Crippen LogP contribution in [0.5, 0.6) is 0 Å². The second-order valence-corrected chi connectivity index (χ2v) is 4.08. The molecular weight excluding hydrogens is 228 g/mol. The molecule has 1 fully saturated rings. The fourth-order valence-corrected chi connectivity index (χ4v) is 1.85. The largest absolute Gasteiger partial charge is 0.346 e. The Kier molecular flexibility index (Phi) is 2.83. The van der Waals surface area contributed by atoms with Crippen LogP contribution in [0.2, 0.25) is 5.02 Å². The molecule has 0 atom stereocenters. The average Bonchev–Trinajstić information content (AvgIpc) is 2.26. The highest BCUT2D eigenvalue weighted by Gasteiger charge is 2.28. The van der Waals surface area contributed by atoms with Crippen molar-refractivity contribution in [3.8, 4) is 0 Å². The number of benzene rings is 1. The van der Waals surface area contributed by atoms with Gasteiger partial charge in [-0.1, -0.05) is 17.7 Å². The summed E-state index contributed by atoms with van der Waals surface area (Å²) in [6, 6.07) is 5.29. The molecule has 0 aliphatic carbocycles. The lowest BCUT2D eigenvalue weighted by atomic mass is 10.1. The number of hydrogen-bond acceptors (Lipinski definition) is 2. The molecule has 2 rings (SSSR count). The lowest BCUT2D eigenvalue weighted by Crippen LogP contribution is -2.52. The van der Waals surface area contributed by atoms with Crippen LogP contribution in [0.4, 0.5) is 5.69 Å². The zero-order valence-corrected chi connectivity index (χ0v) is 9.54. The molecule has 1 aliphatic heterocycles. The molecule has 1 N–H and O–H groups in total. The van der Waals surface area contributed by atoms with Crippen molar-refractivity contribution < 1.29 is 9.59 Å². The van der Waals surface area contributed by atoms with E-state index in [0.717, 1.165) is 5.56 Å². The van der Waals surface area contributed by atoms with Crippen molar-refractivity contribution >= 4 is 29.1 Å². The topological polar surface area (TPSA) is 49.4 Å². The van der Waals surface area contributed by atoms with Gasteiger partial charge in [0, 0.05) is 23.8 Å². The number of aryl methyl sites for hydroxylation is 1. The van der Waals surface area contributed by atoms with E-state index in [-0.39, 0.29) is 0 Å². The van der Waals surface area contributed by atoms with E-state index in [4.69, 9.17) is 11.6 Å². The van der Waals surface area contributed by atoms with Crippen molar-refractivity contribution in [3.05, 3.63) is 28.8 Å². The number of carbonyl (C=O) groups is 2. The summed E-state index contributed by atoms with van der Waals surface area (Å²) in [6.45, 7) is 2.83. The third kappa shape index (κ3) is 1.88. The summed E-state index contributed by atoms with van der Waals surface area (Å²) in [5, 5.41) is 3.06. The van der Waals surface area contributed by atoms with Gasteiger partial charge in [0.25, 0.3) is 0 Å². The summed E-state index contributed by atoms with van der Waals surface area (Å²) in [4.78, 5) is 24.4. The van der Waals surface area contributed by atoms with Gasteiger partial charge in [-0.2, -0.15) is 0 Å². The van der Waals surface area contributed by atoms with Crippen molar-refractivity contribution in [3.63, 3.8) is 0 Å². The van der Waals surface area contributed by atoms with Crippen LogP contribution in [0.3, 0.4) is 0 Å². The number of hydrogen-bond donors (Lipinski definition) is 1. The summed E-state index contributed by atoms with van der Waals surface area (Å²) < 4.78 is 0. The average molecular weight is 239 g/mol. The Hall–Kier alpha value is -1.55. The Bertz CT molecular complexity index is 459. The van der Waals surface area contributed by atoms with E-state index in [1.165, 1.54) is 4.90 Å². The van der Waals surface area contributed by atoms with Gasteiger partial charge in [-0.15, -0.1) is 0 Å². The van der Waals surface area contributed by atoms with Crippen LogP contribution in [0, 0.1) is 6.92 Å². The Balaban J connectivity index is 2.39. The van der Waals surface area contributed by atoms with Crippen LogP contribution in [0.15, 0.2) is 18.2 Å². The summed E-state index contributed by atoms with van der Waals surface area (Å²) in [6.07, 6.45) is 0. The number of nitrogens with zero attached hydrogens (tertiary/aromatic N) is 1. The number of nitrogens with one attached hydrogen (secondary N) is 1. The first-order valence-electron chi connectivity index (χ1n) is 4.95. The maximum absolute atomic E-state index is 11.7. The number of rotatable bonds is 1. The van der Waals surface area contributed by atoms with Gasteiger partial charge in [0.05, 0.1) is 0 Å². The Labute approximate surface area is 98.2 Å². The van der Waals surface area contributed by atoms with Crippen LogP contribution in [0.1, 0.15) is 5.56 Å². The molecule has 16 heavy (non-hydrogen) atoms. The van der Waals surface area contributed by atoms with Gasteiger partial charge in [-0.25, -0.2) is 0 Å². The third-order valence-corrected chi connectivity index (χ3v) is 2.76. The number of anilines is 1. The highest BCUT2D eigenvalue weighted by atomic mass is 35.5. The molecule has 84 valence electrons. The summed E-state index contributed by atoms with van der Waals surface area (Å²) >= 11 is 5.88. The van der Waals surface area contributed by atoms with Crippen molar-refractivity contribution in [2.75, 3.05) is 18.0 Å². The van der Waals surface area contributed by atoms with Crippen molar-refractivity contribution in [2.24, 2.45) is 0 Å². The fourth-order valence-electron chi connectivity index (χ4n) is 1.68. The summed E-state index contributed by atoms with van der Waals surface area (Å²) in [5.41, 5.74) is 1.62. The highest BCUT2D eigenvalue weighted by Crippen LogP contribution is 2.24. The van der Waals surface area contributed by atoms with E-state index in [2.05, 4.69) is 5.32 Å². The predicted octanol–water partition coefficient (Wildman–Crippen LogP) is 1.11. The second-order valence-electron chi connectivity index (χ2n) is 3.64. The number of piperazine rings is 1. The minimum Gasteiger partial charge on any atom is -0.346 e. The molecular formula is C11H11ClN2O2. The molecule has 0 saturated carbocycles. The van der Waals surface area contributed by atoms with Gasteiger partial charge < -0.3 is 10.2 Å². The standard InChI is InChI=1S/C11H11ClN2O2/c1-7-2-3-8(12)6-9(7)14-5-4-13-10(15)11(14)16/h2-3,6H,4-5H2,1H3,(H,13,15). The van der Waals surface area contributed by atoms with Gasteiger partial charge in [0.15, 0.2) is 0 Å². The molecule has 0 radical (unpaired) electrons. The van der Waals surface area contributed by atoms with Crippen LogP contribution < -0.4 is 10.2 Å². The lowest BCUT2D eigenvalue weighted by molar-refractivity contribution is -0.138. The molecule has 0 unspecified atom stereocenters. The van der Waals surface area contributed by atoms with Gasteiger partial charge in [-0.3, -0.25) is 9.59 Å². The van der Waals surface area contributed by atoms with Gasteiger partial charge in [0.1, 0.15) is 0 Å². The van der Waals surface area contributed by atoms with Crippen LogP contribution >= 0.6 is 11.6 Å². The minimum atomic E-state index is -0.564. The van der Waals surface area contributed by atoms with Gasteiger partial charge >= 0.3 is 11.8 Å². The second kappa shape index (κ2) is 4.14. The van der Waals surface area contributed by atoms with E-state index in [1.807, 2.05) is 13.0 Å². The maximum atomic E-state index is 11.7. The Morgan fingerprint density at radius 3 is 2.88 bits per heavy atom. The predicted molar refractivity (Wildman–Crippen MR) is 61.6 cm³/mol. The van der Waals surface area contributed by atoms with Crippen molar-refractivity contribution in [1.29, 1.82) is 0 Å². The molecule has 1 aromatic rings. The van der Waals surface area contributed by atoms with E-state index in [0.29, 0.717) is 23.8 Å². The molecule has 4 nitrogen and oxygen atoms in total. The quantitative estimate of drug-likeness (QED) is 0.746. The SMILES string of the molecule is Cc1ccc(Cl)cc1N1CCNC(=O)C1=O. The van der Waals surface area contributed by atoms with E-state index in [9.17, 15) is 9.59 Å². The van der Waals surface area contributed by atoms with E-state index < -0.39 is 11.8 Å². The number of amides is 2. The van der Waals surface area contributed by atoms with Gasteiger partial charge in [0.2, 0.25) is 0 Å². The van der Waals surface area contributed by atoms with Crippen LogP contribution in [-0.4, -0.2) is 24.9 Å².